The van der Waals surface area contributed by atoms with Gasteiger partial charge in [-0.3, -0.25) is 14.9 Å². The van der Waals surface area contributed by atoms with Crippen molar-refractivity contribution >= 4 is 23.7 Å². The molecule has 0 aromatic heterocycles. The number of para-hydroxylation sites is 1. The molecule has 3 rings (SSSR count). The van der Waals surface area contributed by atoms with E-state index in [4.69, 9.17) is 9.84 Å². The highest BCUT2D eigenvalue weighted by Gasteiger charge is 2.23. The first-order valence-corrected chi connectivity index (χ1v) is 12.2. The van der Waals surface area contributed by atoms with Gasteiger partial charge in [0.25, 0.3) is 0 Å². The predicted octanol–water partition coefficient (Wildman–Crippen LogP) is 4.47. The van der Waals surface area contributed by atoms with Crippen LogP contribution in [0, 0.1) is 0 Å². The van der Waals surface area contributed by atoms with Crippen LogP contribution in [0.1, 0.15) is 38.5 Å². The molecule has 1 fully saturated rings. The Hall–Kier alpha value is -3.39. The number of anilines is 1. The zero-order valence-electron chi connectivity index (χ0n) is 20.3. The Morgan fingerprint density at radius 2 is 1.69 bits per heavy atom. The van der Waals surface area contributed by atoms with Crippen LogP contribution < -0.4 is 5.32 Å². The summed E-state index contributed by atoms with van der Waals surface area (Å²) in [6.07, 6.45) is 2.68. The number of hydrogen-bond acceptors (Lipinski definition) is 5. The number of aliphatic carboxylic acids is 1. The van der Waals surface area contributed by atoms with E-state index in [2.05, 4.69) is 10.2 Å². The van der Waals surface area contributed by atoms with Crippen LogP contribution >= 0.6 is 0 Å². The third-order valence-corrected chi connectivity index (χ3v) is 6.26. The number of carboxylic acid groups (broad SMARTS) is 1. The number of hydrogen-bond donors (Lipinski definition) is 2. The first-order valence-electron chi connectivity index (χ1n) is 12.2. The summed E-state index contributed by atoms with van der Waals surface area (Å²) in [6.45, 7) is 2.79. The van der Waals surface area contributed by atoms with Crippen LogP contribution in [0.2, 0.25) is 0 Å². The van der Waals surface area contributed by atoms with Gasteiger partial charge in [-0.05, 0) is 37.3 Å². The van der Waals surface area contributed by atoms with Crippen molar-refractivity contribution in [2.45, 2.75) is 44.6 Å². The van der Waals surface area contributed by atoms with E-state index in [0.717, 1.165) is 37.1 Å². The molecule has 0 aliphatic carbocycles. The maximum absolute atomic E-state index is 12.6. The smallest absolute Gasteiger partial charge is 0.411 e. The third kappa shape index (κ3) is 8.72. The molecule has 1 saturated heterocycles. The number of unbranched alkanes of at least 4 members (excludes halogenated alkanes) is 1. The van der Waals surface area contributed by atoms with E-state index < -0.39 is 12.1 Å². The molecule has 2 aromatic rings. The fraction of sp³-hybridized carbons (Fsp3) is 0.444. The monoisotopic (exact) mass is 481 g/mol. The third-order valence-electron chi connectivity index (χ3n) is 6.26. The molecular weight excluding hydrogens is 446 g/mol. The van der Waals surface area contributed by atoms with E-state index in [1.54, 1.807) is 11.9 Å². The lowest BCUT2D eigenvalue weighted by Gasteiger charge is -2.31. The van der Waals surface area contributed by atoms with Gasteiger partial charge >= 0.3 is 12.1 Å². The van der Waals surface area contributed by atoms with Gasteiger partial charge in [0.05, 0.1) is 5.69 Å². The normalized spacial score (nSPS) is 14.3. The molecule has 1 aliphatic rings. The minimum Gasteiger partial charge on any atom is -0.481 e. The van der Waals surface area contributed by atoms with E-state index in [9.17, 15) is 14.4 Å². The van der Waals surface area contributed by atoms with Crippen LogP contribution in [-0.2, 0) is 14.3 Å². The molecular formula is C27H35N3O5. The van der Waals surface area contributed by atoms with Gasteiger partial charge in [-0.15, -0.1) is 0 Å². The topological polar surface area (TPSA) is 99.2 Å². The molecule has 2 aromatic carbocycles. The standard InChI is InChI=1S/C27H35N3O5/c1-29(17-8-7-13-26(32)33)25(31)16-20-30-18-14-22(15-19-30)35-27(34)28-24-12-6-5-11-23(24)21-9-3-2-4-10-21/h2-6,9-12,22H,7-8,13-20H2,1H3,(H,28,34)(H,32,33). The second-order valence-corrected chi connectivity index (χ2v) is 8.90. The first-order chi connectivity index (χ1) is 16.9. The van der Waals surface area contributed by atoms with Gasteiger partial charge < -0.3 is 19.6 Å². The van der Waals surface area contributed by atoms with Gasteiger partial charge in [0.2, 0.25) is 5.91 Å². The fourth-order valence-electron chi connectivity index (χ4n) is 4.20. The second-order valence-electron chi connectivity index (χ2n) is 8.90. The summed E-state index contributed by atoms with van der Waals surface area (Å²) in [5.74, 6) is -0.740. The highest BCUT2D eigenvalue weighted by atomic mass is 16.6. The molecule has 2 N–H and O–H groups in total. The molecule has 2 amide bonds. The number of benzene rings is 2. The predicted molar refractivity (Wildman–Crippen MR) is 135 cm³/mol. The molecule has 188 valence electrons. The number of nitrogens with zero attached hydrogens (tertiary/aromatic N) is 2. The van der Waals surface area contributed by atoms with Crippen LogP contribution in [0.4, 0.5) is 10.5 Å². The van der Waals surface area contributed by atoms with Crippen molar-refractivity contribution in [2.75, 3.05) is 38.5 Å². The van der Waals surface area contributed by atoms with Crippen molar-refractivity contribution in [1.82, 2.24) is 9.80 Å². The number of rotatable bonds is 11. The molecule has 35 heavy (non-hydrogen) atoms. The lowest BCUT2D eigenvalue weighted by molar-refractivity contribution is -0.137. The summed E-state index contributed by atoms with van der Waals surface area (Å²) in [5, 5.41) is 11.6. The van der Waals surface area contributed by atoms with Gasteiger partial charge in [0, 0.05) is 51.6 Å². The van der Waals surface area contributed by atoms with E-state index >= 15 is 0 Å². The average Bonchev–Trinajstić information content (AvgIpc) is 2.86. The Kier molecular flexibility index (Phi) is 10.1. The van der Waals surface area contributed by atoms with Gasteiger partial charge in [0.15, 0.2) is 0 Å². The molecule has 0 spiro atoms. The summed E-state index contributed by atoms with van der Waals surface area (Å²) in [4.78, 5) is 39.4. The van der Waals surface area contributed by atoms with Crippen molar-refractivity contribution in [3.05, 3.63) is 54.6 Å². The molecule has 0 unspecified atom stereocenters. The Labute approximate surface area is 206 Å². The Morgan fingerprint density at radius 3 is 2.40 bits per heavy atom. The lowest BCUT2D eigenvalue weighted by Crippen LogP contribution is -2.40. The largest absolute Gasteiger partial charge is 0.481 e. The molecule has 1 aliphatic heterocycles. The zero-order valence-corrected chi connectivity index (χ0v) is 20.3. The summed E-state index contributed by atoms with van der Waals surface area (Å²) in [6, 6.07) is 17.6. The minimum absolute atomic E-state index is 0.0650. The number of carbonyl (C=O) groups excluding carboxylic acids is 2. The average molecular weight is 482 g/mol. The van der Waals surface area contributed by atoms with E-state index in [1.165, 1.54) is 0 Å². The van der Waals surface area contributed by atoms with Crippen molar-refractivity contribution in [2.24, 2.45) is 0 Å². The number of piperidine rings is 1. The number of carboxylic acids is 1. The van der Waals surface area contributed by atoms with Crippen molar-refractivity contribution in [3.63, 3.8) is 0 Å². The van der Waals surface area contributed by atoms with Gasteiger partial charge in [-0.25, -0.2) is 4.79 Å². The molecule has 0 bridgehead atoms. The molecule has 1 heterocycles. The van der Waals surface area contributed by atoms with Crippen LogP contribution in [0.15, 0.2) is 54.6 Å². The Bertz CT molecular complexity index is 974. The van der Waals surface area contributed by atoms with E-state index in [1.807, 2.05) is 54.6 Å². The minimum atomic E-state index is -0.805. The van der Waals surface area contributed by atoms with E-state index in [-0.39, 0.29) is 18.4 Å². The van der Waals surface area contributed by atoms with Crippen LogP contribution in [0.25, 0.3) is 11.1 Å². The second kappa shape index (κ2) is 13.5. The molecule has 0 saturated carbocycles. The van der Waals surface area contributed by atoms with Crippen molar-refractivity contribution in [3.8, 4) is 11.1 Å². The van der Waals surface area contributed by atoms with Crippen LogP contribution in [0.5, 0.6) is 0 Å². The quantitative estimate of drug-likeness (QED) is 0.460. The first kappa shape index (κ1) is 26.2. The Balaban J connectivity index is 1.37. The molecule has 8 heteroatoms. The van der Waals surface area contributed by atoms with Gasteiger partial charge in [0.1, 0.15) is 6.10 Å². The van der Waals surface area contributed by atoms with Crippen molar-refractivity contribution in [1.29, 1.82) is 0 Å². The Morgan fingerprint density at radius 1 is 1.00 bits per heavy atom. The summed E-state index contributed by atoms with van der Waals surface area (Å²) in [7, 11) is 1.76. The number of carbonyl (C=O) groups is 3. The number of likely N-dealkylation sites (tertiary alicyclic amines) is 1. The maximum atomic E-state index is 12.6. The van der Waals surface area contributed by atoms with Gasteiger partial charge in [-0.1, -0.05) is 48.5 Å². The summed E-state index contributed by atoms with van der Waals surface area (Å²) in [5.41, 5.74) is 2.68. The summed E-state index contributed by atoms with van der Waals surface area (Å²) < 4.78 is 5.68. The number of ether oxygens (including phenoxy) is 1. The summed E-state index contributed by atoms with van der Waals surface area (Å²) >= 11 is 0. The maximum Gasteiger partial charge on any atom is 0.411 e. The lowest BCUT2D eigenvalue weighted by atomic mass is 10.0. The molecule has 0 atom stereocenters. The zero-order chi connectivity index (χ0) is 25.0. The SMILES string of the molecule is CN(CCCCC(=O)O)C(=O)CCN1CCC(OC(=O)Nc2ccccc2-c2ccccc2)CC1. The number of nitrogens with one attached hydrogen (secondary N) is 1. The van der Waals surface area contributed by atoms with Crippen LogP contribution in [-0.4, -0.2) is 72.2 Å². The highest BCUT2D eigenvalue weighted by Crippen LogP contribution is 2.28. The number of amides is 2. The van der Waals surface area contributed by atoms with Crippen molar-refractivity contribution < 1.29 is 24.2 Å². The fourth-order valence-corrected chi connectivity index (χ4v) is 4.20. The highest BCUT2D eigenvalue weighted by molar-refractivity contribution is 5.91. The van der Waals surface area contributed by atoms with E-state index in [0.29, 0.717) is 38.0 Å². The van der Waals surface area contributed by atoms with Gasteiger partial charge in [-0.2, -0.15) is 0 Å². The molecule has 0 radical (unpaired) electrons. The molecule has 8 nitrogen and oxygen atoms in total. The van der Waals surface area contributed by atoms with Crippen LogP contribution in [0.3, 0.4) is 0 Å².